The molecule has 0 fully saturated rings. The molecule has 0 N–H and O–H groups in total. The van der Waals surface area contributed by atoms with E-state index in [0.717, 1.165) is 11.5 Å². The maximum atomic E-state index is 6.42. The normalized spacial score (nSPS) is 11.2. The maximum Gasteiger partial charge on any atom is 0.153 e. The lowest BCUT2D eigenvalue weighted by molar-refractivity contribution is 0.491. The zero-order valence-electron chi connectivity index (χ0n) is 15.3. The first kappa shape index (κ1) is 16.9. The summed E-state index contributed by atoms with van der Waals surface area (Å²) in [5.74, 6) is 2.30. The van der Waals surface area contributed by atoms with Crippen LogP contribution in [-0.2, 0) is 0 Å². The number of aryl methyl sites for hydroxylation is 1. The Balaban J connectivity index is 1.91. The Morgan fingerprint density at radius 3 is 2.27 bits per heavy atom. The Morgan fingerprint density at radius 1 is 0.808 bits per heavy atom. The molecule has 0 aliphatic carbocycles. The first-order valence-electron chi connectivity index (χ1n) is 8.99. The fraction of sp³-hybridized carbons (Fsp3) is 0.167. The highest BCUT2D eigenvalue weighted by Crippen LogP contribution is 2.47. The molecule has 130 valence electrons. The van der Waals surface area contributed by atoms with Crippen molar-refractivity contribution in [2.75, 3.05) is 0 Å². The van der Waals surface area contributed by atoms with E-state index >= 15 is 0 Å². The topological polar surface area (TPSA) is 9.23 Å². The van der Waals surface area contributed by atoms with Crippen LogP contribution in [0.2, 0.25) is 0 Å². The van der Waals surface area contributed by atoms with Crippen LogP contribution in [0.5, 0.6) is 11.5 Å². The third-order valence-electron chi connectivity index (χ3n) is 4.62. The van der Waals surface area contributed by atoms with E-state index in [1.54, 1.807) is 11.3 Å². The van der Waals surface area contributed by atoms with Gasteiger partial charge in [0, 0.05) is 10.1 Å². The van der Waals surface area contributed by atoms with Crippen molar-refractivity contribution in [2.24, 2.45) is 0 Å². The van der Waals surface area contributed by atoms with Crippen molar-refractivity contribution >= 4 is 21.4 Å². The van der Waals surface area contributed by atoms with Crippen LogP contribution in [0, 0.1) is 6.92 Å². The molecule has 1 nitrogen and oxygen atoms in total. The van der Waals surface area contributed by atoms with Gasteiger partial charge in [-0.2, -0.15) is 0 Å². The van der Waals surface area contributed by atoms with Crippen LogP contribution < -0.4 is 4.74 Å². The van der Waals surface area contributed by atoms with Gasteiger partial charge in [0.2, 0.25) is 0 Å². The molecular formula is C24H22OS. The van der Waals surface area contributed by atoms with Crippen LogP contribution in [-0.4, -0.2) is 0 Å². The van der Waals surface area contributed by atoms with Crippen LogP contribution in [0.1, 0.15) is 30.9 Å². The summed E-state index contributed by atoms with van der Waals surface area (Å²) >= 11 is 1.81. The van der Waals surface area contributed by atoms with E-state index in [4.69, 9.17) is 4.74 Å². The summed E-state index contributed by atoms with van der Waals surface area (Å²) in [6, 6.07) is 25.4. The van der Waals surface area contributed by atoms with Gasteiger partial charge in [-0.25, -0.2) is 0 Å². The summed E-state index contributed by atoms with van der Waals surface area (Å²) in [7, 11) is 0. The van der Waals surface area contributed by atoms with Gasteiger partial charge in [0.15, 0.2) is 5.75 Å². The smallest absolute Gasteiger partial charge is 0.153 e. The van der Waals surface area contributed by atoms with E-state index in [2.05, 4.69) is 81.4 Å². The second kappa shape index (κ2) is 6.97. The van der Waals surface area contributed by atoms with Gasteiger partial charge in [-0.1, -0.05) is 67.9 Å². The van der Waals surface area contributed by atoms with Gasteiger partial charge < -0.3 is 4.74 Å². The fourth-order valence-electron chi connectivity index (χ4n) is 3.23. The summed E-state index contributed by atoms with van der Waals surface area (Å²) in [6.45, 7) is 6.58. The van der Waals surface area contributed by atoms with E-state index in [0.29, 0.717) is 5.92 Å². The van der Waals surface area contributed by atoms with E-state index in [1.807, 2.05) is 12.1 Å². The van der Waals surface area contributed by atoms with Gasteiger partial charge in [-0.3, -0.25) is 0 Å². The fourth-order valence-corrected chi connectivity index (χ4v) is 4.41. The molecule has 0 radical (unpaired) electrons. The number of hydrogen-bond acceptors (Lipinski definition) is 2. The van der Waals surface area contributed by atoms with E-state index in [1.165, 1.54) is 31.7 Å². The van der Waals surface area contributed by atoms with Gasteiger partial charge in [0.1, 0.15) is 5.75 Å². The average Bonchev–Trinajstić information content (AvgIpc) is 3.02. The third kappa shape index (κ3) is 3.13. The van der Waals surface area contributed by atoms with Crippen LogP contribution in [0.3, 0.4) is 0 Å². The zero-order valence-corrected chi connectivity index (χ0v) is 16.1. The van der Waals surface area contributed by atoms with E-state index < -0.39 is 0 Å². The Kier molecular flexibility index (Phi) is 4.52. The van der Waals surface area contributed by atoms with Gasteiger partial charge in [-0.15, -0.1) is 11.3 Å². The van der Waals surface area contributed by atoms with Gasteiger partial charge in [-0.05, 0) is 48.2 Å². The molecule has 0 aliphatic heterocycles. The van der Waals surface area contributed by atoms with Crippen LogP contribution in [0.4, 0.5) is 0 Å². The molecule has 0 atom stereocenters. The van der Waals surface area contributed by atoms with Crippen molar-refractivity contribution in [1.29, 1.82) is 0 Å². The number of rotatable bonds is 4. The molecule has 26 heavy (non-hydrogen) atoms. The molecule has 0 bridgehead atoms. The number of benzene rings is 3. The van der Waals surface area contributed by atoms with Crippen molar-refractivity contribution < 1.29 is 4.74 Å². The minimum Gasteiger partial charge on any atom is -0.455 e. The summed E-state index contributed by atoms with van der Waals surface area (Å²) < 4.78 is 7.67. The van der Waals surface area contributed by atoms with Gasteiger partial charge >= 0.3 is 0 Å². The number of fused-ring (bicyclic) bond motifs is 1. The van der Waals surface area contributed by atoms with Gasteiger partial charge in [0.05, 0.1) is 4.88 Å². The third-order valence-corrected chi connectivity index (χ3v) is 5.80. The predicted octanol–water partition coefficient (Wildman–Crippen LogP) is 7.79. The maximum absolute atomic E-state index is 6.42. The van der Waals surface area contributed by atoms with E-state index in [-0.39, 0.29) is 0 Å². The zero-order chi connectivity index (χ0) is 18.1. The first-order chi connectivity index (χ1) is 12.6. The van der Waals surface area contributed by atoms with Crippen molar-refractivity contribution in [1.82, 2.24) is 0 Å². The monoisotopic (exact) mass is 358 g/mol. The molecule has 2 heteroatoms. The molecule has 0 spiro atoms. The second-order valence-corrected chi connectivity index (χ2v) is 7.97. The minimum absolute atomic E-state index is 0.462. The lowest BCUT2D eigenvalue weighted by atomic mass is 9.96. The molecule has 3 aromatic carbocycles. The molecule has 4 aromatic rings. The van der Waals surface area contributed by atoms with Crippen molar-refractivity contribution in [3.8, 4) is 21.9 Å². The SMILES string of the molecule is Cc1ccc(Oc2c(-c3ccccc3C(C)C)sc3ccccc23)cc1. The first-order valence-corrected chi connectivity index (χ1v) is 9.80. The number of hydrogen-bond donors (Lipinski definition) is 0. The van der Waals surface area contributed by atoms with Crippen molar-refractivity contribution in [2.45, 2.75) is 26.7 Å². The molecule has 0 amide bonds. The molecular weight excluding hydrogens is 336 g/mol. The van der Waals surface area contributed by atoms with Crippen LogP contribution >= 0.6 is 11.3 Å². The molecule has 0 unspecified atom stereocenters. The summed E-state index contributed by atoms with van der Waals surface area (Å²) in [5, 5.41) is 1.17. The minimum atomic E-state index is 0.462. The quantitative estimate of drug-likeness (QED) is 0.362. The lowest BCUT2D eigenvalue weighted by Crippen LogP contribution is -1.92. The highest BCUT2D eigenvalue weighted by molar-refractivity contribution is 7.22. The van der Waals surface area contributed by atoms with Gasteiger partial charge in [0.25, 0.3) is 0 Å². The second-order valence-electron chi connectivity index (χ2n) is 6.91. The highest BCUT2D eigenvalue weighted by Gasteiger charge is 2.19. The Hall–Kier alpha value is -2.58. The number of ether oxygens (including phenoxy) is 1. The lowest BCUT2D eigenvalue weighted by Gasteiger charge is -2.14. The number of thiophene rings is 1. The summed E-state index contributed by atoms with van der Waals surface area (Å²) in [4.78, 5) is 1.20. The van der Waals surface area contributed by atoms with Crippen molar-refractivity contribution in [3.63, 3.8) is 0 Å². The largest absolute Gasteiger partial charge is 0.455 e. The van der Waals surface area contributed by atoms with E-state index in [9.17, 15) is 0 Å². The standard InChI is InChI=1S/C24H22OS/c1-16(2)19-8-4-5-9-20(19)24-23(21-10-6-7-11-22(21)26-24)25-18-14-12-17(3)13-15-18/h4-16H,1-3H3. The summed E-state index contributed by atoms with van der Waals surface area (Å²) in [6.07, 6.45) is 0. The molecule has 0 aliphatic rings. The molecule has 4 rings (SSSR count). The Bertz CT molecular complexity index is 1040. The molecule has 1 aromatic heterocycles. The molecule has 1 heterocycles. The molecule has 0 saturated carbocycles. The van der Waals surface area contributed by atoms with Crippen molar-refractivity contribution in [3.05, 3.63) is 83.9 Å². The average molecular weight is 359 g/mol. The summed E-state index contributed by atoms with van der Waals surface area (Å²) in [5.41, 5.74) is 3.86. The van der Waals surface area contributed by atoms with Crippen LogP contribution in [0.15, 0.2) is 72.8 Å². The Morgan fingerprint density at radius 2 is 1.50 bits per heavy atom. The molecule has 0 saturated heterocycles. The highest BCUT2D eigenvalue weighted by atomic mass is 32.1. The predicted molar refractivity (Wildman–Crippen MR) is 113 cm³/mol. The van der Waals surface area contributed by atoms with Crippen LogP contribution in [0.25, 0.3) is 20.5 Å². The Labute approximate surface area is 158 Å².